The van der Waals surface area contributed by atoms with Crippen LogP contribution in [0.3, 0.4) is 0 Å². The summed E-state index contributed by atoms with van der Waals surface area (Å²) in [6.07, 6.45) is -1.08. The predicted molar refractivity (Wildman–Crippen MR) is 116 cm³/mol. The molecule has 7 nitrogen and oxygen atoms in total. The molecular formula is C24H18N4O3. The third kappa shape index (κ3) is 4.28. The topological polar surface area (TPSA) is 108 Å². The van der Waals surface area contributed by atoms with Gasteiger partial charge in [-0.05, 0) is 35.4 Å². The number of anilines is 1. The number of ether oxygens (including phenoxy) is 1. The van der Waals surface area contributed by atoms with Crippen LogP contribution >= 0.6 is 0 Å². The number of hydrogen-bond donors (Lipinski definition) is 2. The first kappa shape index (κ1) is 19.9. The van der Waals surface area contributed by atoms with Gasteiger partial charge in [-0.15, -0.1) is 0 Å². The van der Waals surface area contributed by atoms with E-state index in [2.05, 4.69) is 21.6 Å². The zero-order valence-electron chi connectivity index (χ0n) is 16.6. The molecule has 0 aliphatic rings. The number of esters is 1. The van der Waals surface area contributed by atoms with Crippen LogP contribution in [-0.2, 0) is 14.3 Å². The normalized spacial score (nSPS) is 11.5. The summed E-state index contributed by atoms with van der Waals surface area (Å²) in [5, 5.41) is 19.7. The Kier molecular flexibility index (Phi) is 5.45. The Labute approximate surface area is 178 Å². The van der Waals surface area contributed by atoms with E-state index < -0.39 is 18.0 Å². The van der Waals surface area contributed by atoms with E-state index in [1.807, 2.05) is 42.5 Å². The number of carbonyl (C=O) groups is 2. The molecule has 0 saturated carbocycles. The van der Waals surface area contributed by atoms with Gasteiger partial charge in [0.1, 0.15) is 0 Å². The molecule has 7 heteroatoms. The average molecular weight is 410 g/mol. The van der Waals surface area contributed by atoms with Gasteiger partial charge in [0.05, 0.1) is 17.1 Å². The number of nitrogens with one attached hydrogen (secondary N) is 2. The highest BCUT2D eigenvalue weighted by atomic mass is 16.5. The zero-order chi connectivity index (χ0) is 21.8. The van der Waals surface area contributed by atoms with Gasteiger partial charge < -0.3 is 10.1 Å². The van der Waals surface area contributed by atoms with Crippen LogP contribution in [0.5, 0.6) is 0 Å². The molecule has 1 amide bonds. The molecule has 0 saturated heterocycles. The number of benzene rings is 3. The largest absolute Gasteiger partial charge is 0.447 e. The number of carbonyl (C=O) groups excluding carboxylic acids is 2. The lowest BCUT2D eigenvalue weighted by Crippen LogP contribution is -2.25. The van der Waals surface area contributed by atoms with Crippen molar-refractivity contribution in [2.75, 3.05) is 5.32 Å². The zero-order valence-corrected chi connectivity index (χ0v) is 16.6. The first-order valence-electron chi connectivity index (χ1n) is 9.57. The minimum absolute atomic E-state index is 0.338. The molecule has 0 bridgehead atoms. The van der Waals surface area contributed by atoms with E-state index in [0.29, 0.717) is 22.3 Å². The van der Waals surface area contributed by atoms with Crippen molar-refractivity contribution in [3.63, 3.8) is 0 Å². The van der Waals surface area contributed by atoms with E-state index in [1.54, 1.807) is 30.3 Å². The monoisotopic (exact) mass is 410 g/mol. The van der Waals surface area contributed by atoms with E-state index >= 15 is 0 Å². The summed E-state index contributed by atoms with van der Waals surface area (Å²) in [7, 11) is 0. The van der Waals surface area contributed by atoms with Gasteiger partial charge in [0.25, 0.3) is 5.91 Å². The van der Waals surface area contributed by atoms with Gasteiger partial charge >= 0.3 is 5.97 Å². The summed E-state index contributed by atoms with van der Waals surface area (Å²) < 4.78 is 5.24. The summed E-state index contributed by atoms with van der Waals surface area (Å²) in [6, 6.07) is 23.9. The predicted octanol–water partition coefficient (Wildman–Crippen LogP) is 4.34. The van der Waals surface area contributed by atoms with E-state index in [-0.39, 0.29) is 0 Å². The Hall–Kier alpha value is -4.44. The molecule has 0 fully saturated rings. The van der Waals surface area contributed by atoms with E-state index in [0.717, 1.165) is 16.6 Å². The third-order valence-corrected chi connectivity index (χ3v) is 4.75. The molecular weight excluding hydrogens is 392 g/mol. The molecule has 152 valence electrons. The number of aromatic amines is 1. The Morgan fingerprint density at radius 3 is 2.55 bits per heavy atom. The quantitative estimate of drug-likeness (QED) is 0.476. The molecule has 4 rings (SSSR count). The maximum absolute atomic E-state index is 12.9. The van der Waals surface area contributed by atoms with Crippen molar-refractivity contribution in [1.29, 1.82) is 5.26 Å². The minimum Gasteiger partial charge on any atom is -0.447 e. The van der Waals surface area contributed by atoms with Crippen molar-refractivity contribution in [2.24, 2.45) is 0 Å². The highest BCUT2D eigenvalue weighted by Crippen LogP contribution is 2.28. The molecule has 0 aliphatic carbocycles. The van der Waals surface area contributed by atoms with Gasteiger partial charge in [0.2, 0.25) is 6.10 Å². The molecule has 1 heterocycles. The van der Waals surface area contributed by atoms with Gasteiger partial charge in [-0.2, -0.15) is 10.4 Å². The van der Waals surface area contributed by atoms with Gasteiger partial charge in [0.15, 0.2) is 5.82 Å². The summed E-state index contributed by atoms with van der Waals surface area (Å²) in [5.74, 6) is -0.717. The lowest BCUT2D eigenvalue weighted by Gasteiger charge is -2.16. The number of fused-ring (bicyclic) bond motifs is 1. The van der Waals surface area contributed by atoms with Gasteiger partial charge in [0, 0.05) is 17.9 Å². The Balaban J connectivity index is 1.62. The van der Waals surface area contributed by atoms with Crippen LogP contribution in [0.4, 0.5) is 5.82 Å². The standard InChI is InChI=1S/C24H18N4O3/c1-15(29)31-22(17-7-3-2-4-8-17)24(30)26-23-20-11-10-19(13-21(20)27-28-23)18-9-5-6-16(12-18)14-25/h2-13,22H,1H3,(H2,26,27,28,30). The summed E-state index contributed by atoms with van der Waals surface area (Å²) in [4.78, 5) is 24.4. The van der Waals surface area contributed by atoms with Crippen molar-refractivity contribution in [1.82, 2.24) is 10.2 Å². The summed E-state index contributed by atoms with van der Waals surface area (Å²) >= 11 is 0. The summed E-state index contributed by atoms with van der Waals surface area (Å²) in [6.45, 7) is 1.26. The van der Waals surface area contributed by atoms with Crippen LogP contribution in [0.15, 0.2) is 72.8 Å². The maximum atomic E-state index is 12.9. The van der Waals surface area contributed by atoms with Crippen LogP contribution in [0.25, 0.3) is 22.0 Å². The van der Waals surface area contributed by atoms with Crippen molar-refractivity contribution in [3.8, 4) is 17.2 Å². The Bertz CT molecular complexity index is 1310. The molecule has 4 aromatic rings. The molecule has 31 heavy (non-hydrogen) atoms. The molecule has 1 aromatic heterocycles. The fourth-order valence-corrected chi connectivity index (χ4v) is 3.31. The van der Waals surface area contributed by atoms with Crippen molar-refractivity contribution in [2.45, 2.75) is 13.0 Å². The van der Waals surface area contributed by atoms with Gasteiger partial charge in [-0.1, -0.05) is 48.5 Å². The van der Waals surface area contributed by atoms with Crippen LogP contribution < -0.4 is 5.32 Å². The van der Waals surface area contributed by atoms with Crippen molar-refractivity contribution < 1.29 is 14.3 Å². The number of hydrogen-bond acceptors (Lipinski definition) is 5. The number of nitrogens with zero attached hydrogens (tertiary/aromatic N) is 2. The van der Waals surface area contributed by atoms with E-state index in [9.17, 15) is 9.59 Å². The van der Waals surface area contributed by atoms with Crippen LogP contribution in [0, 0.1) is 11.3 Å². The van der Waals surface area contributed by atoms with Crippen molar-refractivity contribution >= 4 is 28.6 Å². The fraction of sp³-hybridized carbons (Fsp3) is 0.0833. The Morgan fingerprint density at radius 2 is 1.81 bits per heavy atom. The molecule has 1 atom stereocenters. The second kappa shape index (κ2) is 8.51. The number of rotatable bonds is 5. The molecule has 1 unspecified atom stereocenters. The van der Waals surface area contributed by atoms with Gasteiger partial charge in [-0.3, -0.25) is 14.7 Å². The minimum atomic E-state index is -1.08. The first-order chi connectivity index (χ1) is 15.0. The van der Waals surface area contributed by atoms with Crippen molar-refractivity contribution in [3.05, 3.63) is 83.9 Å². The van der Waals surface area contributed by atoms with Crippen LogP contribution in [-0.4, -0.2) is 22.1 Å². The van der Waals surface area contributed by atoms with E-state index in [4.69, 9.17) is 10.00 Å². The lowest BCUT2D eigenvalue weighted by molar-refractivity contribution is -0.152. The molecule has 2 N–H and O–H groups in total. The number of nitriles is 1. The smallest absolute Gasteiger partial charge is 0.303 e. The molecule has 0 aliphatic heterocycles. The molecule has 0 spiro atoms. The Morgan fingerprint density at radius 1 is 1.03 bits per heavy atom. The maximum Gasteiger partial charge on any atom is 0.303 e. The number of aromatic nitrogens is 2. The second-order valence-corrected chi connectivity index (χ2v) is 6.91. The van der Waals surface area contributed by atoms with E-state index in [1.165, 1.54) is 6.92 Å². The summed E-state index contributed by atoms with van der Waals surface area (Å²) in [5.41, 5.74) is 3.68. The molecule has 0 radical (unpaired) electrons. The first-order valence-corrected chi connectivity index (χ1v) is 9.57. The highest BCUT2D eigenvalue weighted by molar-refractivity contribution is 6.02. The third-order valence-electron chi connectivity index (χ3n) is 4.75. The fourth-order valence-electron chi connectivity index (χ4n) is 3.31. The highest BCUT2D eigenvalue weighted by Gasteiger charge is 2.25. The number of amides is 1. The SMILES string of the molecule is CC(=O)OC(C(=O)Nc1n[nH]c2cc(-c3cccc(C#N)c3)ccc12)c1ccccc1. The van der Waals surface area contributed by atoms with Gasteiger partial charge in [-0.25, -0.2) is 0 Å². The second-order valence-electron chi connectivity index (χ2n) is 6.91. The average Bonchev–Trinajstić information content (AvgIpc) is 3.19. The number of H-pyrrole nitrogens is 1. The van der Waals surface area contributed by atoms with Crippen LogP contribution in [0.1, 0.15) is 24.2 Å². The lowest BCUT2D eigenvalue weighted by atomic mass is 10.0. The van der Waals surface area contributed by atoms with Crippen LogP contribution in [0.2, 0.25) is 0 Å². The molecule has 3 aromatic carbocycles.